The average molecular weight is 168 g/mol. The third-order valence-corrected chi connectivity index (χ3v) is 3.13. The summed E-state index contributed by atoms with van der Waals surface area (Å²) >= 11 is 0. The number of hydrogen-bond donors (Lipinski definition) is 1. The van der Waals surface area contributed by atoms with Crippen molar-refractivity contribution in [2.75, 3.05) is 20.4 Å². The van der Waals surface area contributed by atoms with Crippen molar-refractivity contribution in [1.29, 1.82) is 0 Å². The Labute approximate surface area is 60.7 Å². The summed E-state index contributed by atoms with van der Waals surface area (Å²) in [6, 6.07) is 0. The van der Waals surface area contributed by atoms with Crippen LogP contribution in [0.5, 0.6) is 0 Å². The van der Waals surface area contributed by atoms with E-state index >= 15 is 0 Å². The van der Waals surface area contributed by atoms with Crippen LogP contribution in [0.15, 0.2) is 0 Å². The highest BCUT2D eigenvalue weighted by Crippen LogP contribution is 2.46. The molecule has 0 bridgehead atoms. The topological polar surface area (TPSA) is 55.8 Å². The largest absolute Gasteiger partial charge is 0.393 e. The molecule has 0 spiro atoms. The molecule has 0 aliphatic heterocycles. The van der Waals surface area contributed by atoms with E-state index in [-0.39, 0.29) is 6.16 Å². The van der Waals surface area contributed by atoms with Crippen LogP contribution in [0.3, 0.4) is 0 Å². The lowest BCUT2D eigenvalue weighted by Crippen LogP contribution is -2.08. The predicted molar refractivity (Wildman–Crippen MR) is 38.2 cm³/mol. The van der Waals surface area contributed by atoms with Crippen LogP contribution >= 0.6 is 7.60 Å². The first-order valence-electron chi connectivity index (χ1n) is 2.92. The van der Waals surface area contributed by atoms with E-state index in [2.05, 4.69) is 9.05 Å². The van der Waals surface area contributed by atoms with Gasteiger partial charge in [0, 0.05) is 14.2 Å². The molecule has 0 aliphatic rings. The molecule has 1 N–H and O–H groups in total. The lowest BCUT2D eigenvalue weighted by atomic mass is 10.5. The zero-order valence-electron chi connectivity index (χ0n) is 6.40. The highest BCUT2D eigenvalue weighted by atomic mass is 31.2. The molecule has 10 heavy (non-hydrogen) atoms. The molecule has 0 aromatic heterocycles. The van der Waals surface area contributed by atoms with E-state index in [1.54, 1.807) is 0 Å². The molecular formula is C5H13O4P. The molecule has 0 fully saturated rings. The Hall–Kier alpha value is 0.110. The molecule has 0 aliphatic carbocycles. The van der Waals surface area contributed by atoms with E-state index in [1.807, 2.05) is 0 Å². The summed E-state index contributed by atoms with van der Waals surface area (Å²) in [5.74, 6) is 0. The van der Waals surface area contributed by atoms with Crippen molar-refractivity contribution in [3.8, 4) is 0 Å². The molecule has 62 valence electrons. The van der Waals surface area contributed by atoms with Gasteiger partial charge in [-0.05, 0) is 6.92 Å². The molecule has 5 heteroatoms. The van der Waals surface area contributed by atoms with Crippen LogP contribution in [0, 0.1) is 0 Å². The van der Waals surface area contributed by atoms with Gasteiger partial charge in [-0.1, -0.05) is 0 Å². The second kappa shape index (κ2) is 4.09. The van der Waals surface area contributed by atoms with Gasteiger partial charge in [0.25, 0.3) is 0 Å². The Morgan fingerprint density at radius 3 is 2.00 bits per heavy atom. The molecule has 4 nitrogen and oxygen atoms in total. The van der Waals surface area contributed by atoms with Gasteiger partial charge in [-0.15, -0.1) is 0 Å². The third-order valence-electron chi connectivity index (χ3n) is 1.04. The molecule has 0 unspecified atom stereocenters. The molecule has 0 radical (unpaired) electrons. The van der Waals surface area contributed by atoms with Gasteiger partial charge in [0.15, 0.2) is 0 Å². The number of rotatable bonds is 4. The van der Waals surface area contributed by atoms with E-state index in [0.29, 0.717) is 0 Å². The number of aliphatic hydroxyl groups excluding tert-OH is 1. The first kappa shape index (κ1) is 10.1. The minimum Gasteiger partial charge on any atom is -0.393 e. The normalized spacial score (nSPS) is 15.2. The zero-order chi connectivity index (χ0) is 8.20. The fourth-order valence-corrected chi connectivity index (χ4v) is 1.64. The monoisotopic (exact) mass is 168 g/mol. The standard InChI is InChI=1S/C5H13O4P/c1-5(6)4-10(7,8-2)9-3/h5-6H,4H2,1-3H3/t5-/m1/s1. The molecule has 1 atom stereocenters. The second-order valence-corrected chi connectivity index (χ2v) is 4.32. The van der Waals surface area contributed by atoms with Gasteiger partial charge >= 0.3 is 7.60 Å². The van der Waals surface area contributed by atoms with Crippen LogP contribution in [0.4, 0.5) is 0 Å². The van der Waals surface area contributed by atoms with Crippen molar-refractivity contribution in [3.63, 3.8) is 0 Å². The molecule has 0 saturated heterocycles. The van der Waals surface area contributed by atoms with Gasteiger partial charge in [-0.25, -0.2) is 0 Å². The minimum atomic E-state index is -2.99. The first-order valence-corrected chi connectivity index (χ1v) is 4.65. The molecule has 0 amide bonds. The lowest BCUT2D eigenvalue weighted by molar-refractivity contribution is 0.197. The van der Waals surface area contributed by atoms with E-state index in [9.17, 15) is 4.57 Å². The summed E-state index contributed by atoms with van der Waals surface area (Å²) < 4.78 is 20.3. The van der Waals surface area contributed by atoms with Crippen molar-refractivity contribution in [3.05, 3.63) is 0 Å². The average Bonchev–Trinajstić information content (AvgIpc) is 1.87. The summed E-state index contributed by atoms with van der Waals surface area (Å²) in [4.78, 5) is 0. The van der Waals surface area contributed by atoms with Crippen LogP contribution < -0.4 is 0 Å². The van der Waals surface area contributed by atoms with Crippen molar-refractivity contribution >= 4 is 7.60 Å². The molecule has 0 aromatic carbocycles. The molecule has 0 heterocycles. The fraction of sp³-hybridized carbons (Fsp3) is 1.00. The van der Waals surface area contributed by atoms with Crippen LogP contribution in [-0.4, -0.2) is 31.6 Å². The predicted octanol–water partition coefficient (Wildman–Crippen LogP) is 0.853. The van der Waals surface area contributed by atoms with Crippen LogP contribution in [0.25, 0.3) is 0 Å². The van der Waals surface area contributed by atoms with Crippen molar-refractivity contribution < 1.29 is 18.7 Å². The van der Waals surface area contributed by atoms with Crippen LogP contribution in [-0.2, 0) is 13.6 Å². The van der Waals surface area contributed by atoms with Gasteiger partial charge < -0.3 is 14.2 Å². The van der Waals surface area contributed by atoms with Crippen molar-refractivity contribution in [2.24, 2.45) is 0 Å². The molecular weight excluding hydrogens is 155 g/mol. The smallest absolute Gasteiger partial charge is 0.332 e. The minimum absolute atomic E-state index is 0.0417. The Balaban J connectivity index is 3.94. The van der Waals surface area contributed by atoms with E-state index in [1.165, 1.54) is 21.1 Å². The highest BCUT2D eigenvalue weighted by molar-refractivity contribution is 7.53. The molecule has 0 aromatic rings. The number of hydrogen-bond acceptors (Lipinski definition) is 4. The van der Waals surface area contributed by atoms with Gasteiger partial charge in [-0.3, -0.25) is 4.57 Å². The quantitative estimate of drug-likeness (QED) is 0.632. The Morgan fingerprint density at radius 2 is 1.90 bits per heavy atom. The van der Waals surface area contributed by atoms with Crippen molar-refractivity contribution in [2.45, 2.75) is 13.0 Å². The van der Waals surface area contributed by atoms with Crippen molar-refractivity contribution in [1.82, 2.24) is 0 Å². The second-order valence-electron chi connectivity index (χ2n) is 2.01. The fourth-order valence-electron chi connectivity index (χ4n) is 0.547. The molecule has 0 rings (SSSR count). The lowest BCUT2D eigenvalue weighted by Gasteiger charge is -2.14. The first-order chi connectivity index (χ1) is 4.54. The van der Waals surface area contributed by atoms with Gasteiger partial charge in [0.05, 0.1) is 12.3 Å². The summed E-state index contributed by atoms with van der Waals surface area (Å²) in [6.07, 6.45) is -0.620. The van der Waals surface area contributed by atoms with E-state index in [0.717, 1.165) is 0 Å². The van der Waals surface area contributed by atoms with Gasteiger partial charge in [-0.2, -0.15) is 0 Å². The SMILES string of the molecule is COP(=O)(C[C@@H](C)O)OC. The van der Waals surface area contributed by atoms with E-state index < -0.39 is 13.7 Å². The van der Waals surface area contributed by atoms with Crippen LogP contribution in [0.2, 0.25) is 0 Å². The Morgan fingerprint density at radius 1 is 1.50 bits per heavy atom. The van der Waals surface area contributed by atoms with E-state index in [4.69, 9.17) is 5.11 Å². The van der Waals surface area contributed by atoms with Gasteiger partial charge in [0.1, 0.15) is 0 Å². The maximum absolute atomic E-state index is 11.2. The summed E-state index contributed by atoms with van der Waals surface area (Å²) in [6.45, 7) is 1.53. The maximum atomic E-state index is 11.2. The summed E-state index contributed by atoms with van der Waals surface area (Å²) in [7, 11) is -0.391. The third kappa shape index (κ3) is 3.32. The zero-order valence-corrected chi connectivity index (χ0v) is 7.30. The Bertz CT molecular complexity index is 126. The summed E-state index contributed by atoms with van der Waals surface area (Å²) in [5.41, 5.74) is 0. The van der Waals surface area contributed by atoms with Crippen LogP contribution in [0.1, 0.15) is 6.92 Å². The number of aliphatic hydroxyl groups is 1. The van der Waals surface area contributed by atoms with Gasteiger partial charge in [0.2, 0.25) is 0 Å². The summed E-state index contributed by atoms with van der Waals surface area (Å²) in [5, 5.41) is 8.82. The maximum Gasteiger partial charge on any atom is 0.332 e. The Kier molecular flexibility index (Phi) is 4.13. The highest BCUT2D eigenvalue weighted by Gasteiger charge is 2.22. The molecule has 0 saturated carbocycles.